The second-order valence-electron chi connectivity index (χ2n) is 6.79. The second-order valence-corrected chi connectivity index (χ2v) is 6.79. The van der Waals surface area contributed by atoms with Crippen LogP contribution in [0.15, 0.2) is 12.1 Å². The maximum Gasteiger partial charge on any atom is 0.235 e. The number of rotatable bonds is 3. The minimum absolute atomic E-state index is 0.218. The Morgan fingerprint density at radius 2 is 1.89 bits per heavy atom. The number of hydrogen-bond acceptors (Lipinski definition) is 6. The molecule has 0 spiro atoms. The van der Waals surface area contributed by atoms with Crippen LogP contribution in [0.1, 0.15) is 38.3 Å². The van der Waals surface area contributed by atoms with Crippen molar-refractivity contribution in [3.05, 3.63) is 17.8 Å². The van der Waals surface area contributed by atoms with Crippen molar-refractivity contribution in [2.24, 2.45) is 7.05 Å². The number of anilines is 1. The fourth-order valence-electron chi connectivity index (χ4n) is 3.83. The number of aryl methyl sites for hydroxylation is 1. The van der Waals surface area contributed by atoms with Crippen LogP contribution in [0, 0.1) is 0 Å². The first kappa shape index (κ1) is 20.1. The van der Waals surface area contributed by atoms with Crippen LogP contribution in [-0.2, 0) is 16.6 Å². The number of fused-ring (bicyclic) bond motifs is 1. The molecule has 4 rings (SSSR count). The average molecular weight is 387 g/mol. The van der Waals surface area contributed by atoms with Crippen LogP contribution < -0.4 is 20.3 Å². The molecular formula is C20H29N5O3. The summed E-state index contributed by atoms with van der Waals surface area (Å²) in [4.78, 5) is 26.0. The van der Waals surface area contributed by atoms with E-state index >= 15 is 0 Å². The van der Waals surface area contributed by atoms with Crippen LogP contribution in [-0.4, -0.2) is 54.9 Å². The quantitative estimate of drug-likeness (QED) is 0.777. The molecule has 1 aromatic carbocycles. The van der Waals surface area contributed by atoms with Gasteiger partial charge in [-0.15, -0.1) is 0 Å². The predicted molar refractivity (Wildman–Crippen MR) is 109 cm³/mol. The summed E-state index contributed by atoms with van der Waals surface area (Å²) < 4.78 is 7.45. The number of nitrogens with zero attached hydrogens (tertiary/aromatic N) is 3. The maximum atomic E-state index is 12.3. The molecule has 0 saturated carbocycles. The fourth-order valence-corrected chi connectivity index (χ4v) is 3.83. The van der Waals surface area contributed by atoms with Crippen molar-refractivity contribution >= 4 is 28.4 Å². The Morgan fingerprint density at radius 1 is 1.18 bits per heavy atom. The van der Waals surface area contributed by atoms with Crippen molar-refractivity contribution in [2.75, 3.05) is 38.2 Å². The Kier molecular flexibility index (Phi) is 6.18. The first-order valence-electron chi connectivity index (χ1n) is 9.92. The fraction of sp³-hybridized carbons (Fsp3) is 0.550. The molecule has 2 amide bonds. The highest BCUT2D eigenvalue weighted by Gasteiger charge is 2.32. The number of methoxy groups -OCH3 is 1. The molecule has 28 heavy (non-hydrogen) atoms. The molecule has 2 aromatic rings. The molecule has 2 aliphatic rings. The number of imide groups is 1. The highest BCUT2D eigenvalue weighted by atomic mass is 16.5. The van der Waals surface area contributed by atoms with Crippen molar-refractivity contribution in [1.29, 1.82) is 0 Å². The van der Waals surface area contributed by atoms with Gasteiger partial charge in [-0.2, -0.15) is 5.10 Å². The number of aromatic nitrogens is 2. The molecule has 8 nitrogen and oxygen atoms in total. The number of hydrogen-bond donors (Lipinski definition) is 2. The van der Waals surface area contributed by atoms with Gasteiger partial charge in [-0.25, -0.2) is 0 Å². The molecule has 152 valence electrons. The van der Waals surface area contributed by atoms with E-state index in [4.69, 9.17) is 4.74 Å². The largest absolute Gasteiger partial charge is 0.495 e. The van der Waals surface area contributed by atoms with Crippen molar-refractivity contribution < 1.29 is 14.3 Å². The van der Waals surface area contributed by atoms with Gasteiger partial charge in [0, 0.05) is 45.0 Å². The number of ether oxygens (including phenoxy) is 1. The third-order valence-electron chi connectivity index (χ3n) is 5.21. The number of amides is 2. The van der Waals surface area contributed by atoms with Gasteiger partial charge in [0.25, 0.3) is 0 Å². The lowest BCUT2D eigenvalue weighted by molar-refractivity contribution is -0.134. The molecule has 2 saturated heterocycles. The SMILES string of the molecule is CC.COc1cc2c(C3CCC(=O)NC3=O)nn(C)c2cc1N1CCNCC1. The number of benzene rings is 1. The van der Waals surface area contributed by atoms with Gasteiger partial charge in [0.1, 0.15) is 5.75 Å². The number of nitrogens with one attached hydrogen (secondary N) is 2. The van der Waals surface area contributed by atoms with Crippen molar-refractivity contribution in [1.82, 2.24) is 20.4 Å². The molecule has 3 heterocycles. The molecule has 8 heteroatoms. The zero-order valence-corrected chi connectivity index (χ0v) is 17.0. The summed E-state index contributed by atoms with van der Waals surface area (Å²) in [6.45, 7) is 7.71. The molecule has 1 unspecified atom stereocenters. The van der Waals surface area contributed by atoms with E-state index in [-0.39, 0.29) is 11.8 Å². The maximum absolute atomic E-state index is 12.3. The topological polar surface area (TPSA) is 88.5 Å². The van der Waals surface area contributed by atoms with Crippen LogP contribution in [0.5, 0.6) is 5.75 Å². The zero-order chi connectivity index (χ0) is 20.3. The number of carbonyl (C=O) groups is 2. The standard InChI is InChI=1S/C18H23N5O3.C2H6/c1-22-13-10-14(23-7-5-19-6-8-23)15(26-2)9-12(13)17(21-22)11-3-4-16(24)20-18(11)25;1-2/h9-11,19H,3-8H2,1-2H3,(H,20,24,25);1-2H3. The number of carbonyl (C=O) groups excluding carboxylic acids is 2. The van der Waals surface area contributed by atoms with E-state index in [0.29, 0.717) is 18.5 Å². The van der Waals surface area contributed by atoms with Crippen molar-refractivity contribution in [3.8, 4) is 5.75 Å². The molecule has 0 bridgehead atoms. The number of piperazine rings is 1. The molecule has 1 atom stereocenters. The zero-order valence-electron chi connectivity index (χ0n) is 17.0. The van der Waals surface area contributed by atoms with Gasteiger partial charge in [0.05, 0.1) is 29.9 Å². The molecule has 0 aliphatic carbocycles. The van der Waals surface area contributed by atoms with Crippen LogP contribution in [0.25, 0.3) is 10.9 Å². The van der Waals surface area contributed by atoms with Gasteiger partial charge < -0.3 is 15.0 Å². The molecule has 2 N–H and O–H groups in total. The predicted octanol–water partition coefficient (Wildman–Crippen LogP) is 1.54. The van der Waals surface area contributed by atoms with Crippen LogP contribution in [0.2, 0.25) is 0 Å². The highest BCUT2D eigenvalue weighted by molar-refractivity contribution is 6.03. The van der Waals surface area contributed by atoms with E-state index in [1.165, 1.54) is 0 Å². The van der Waals surface area contributed by atoms with E-state index < -0.39 is 5.92 Å². The summed E-state index contributed by atoms with van der Waals surface area (Å²) in [6.07, 6.45) is 0.823. The molecular weight excluding hydrogens is 358 g/mol. The van der Waals surface area contributed by atoms with Gasteiger partial charge in [-0.1, -0.05) is 13.8 Å². The summed E-state index contributed by atoms with van der Waals surface area (Å²) in [6, 6.07) is 4.06. The van der Waals surface area contributed by atoms with Gasteiger partial charge in [0.2, 0.25) is 11.8 Å². The van der Waals surface area contributed by atoms with E-state index in [0.717, 1.165) is 48.5 Å². The van der Waals surface area contributed by atoms with Gasteiger partial charge in [-0.3, -0.25) is 19.6 Å². The third kappa shape index (κ3) is 3.69. The summed E-state index contributed by atoms with van der Waals surface area (Å²) in [5.41, 5.74) is 2.70. The second kappa shape index (κ2) is 8.60. The smallest absolute Gasteiger partial charge is 0.235 e. The Balaban J connectivity index is 0.00000109. The first-order valence-corrected chi connectivity index (χ1v) is 9.92. The molecule has 0 radical (unpaired) electrons. The van der Waals surface area contributed by atoms with Gasteiger partial charge in [0.15, 0.2) is 0 Å². The first-order chi connectivity index (χ1) is 13.6. The minimum atomic E-state index is -0.411. The van der Waals surface area contributed by atoms with Gasteiger partial charge in [-0.05, 0) is 18.6 Å². The summed E-state index contributed by atoms with van der Waals surface area (Å²) in [5, 5.41) is 11.3. The van der Waals surface area contributed by atoms with E-state index in [1.54, 1.807) is 11.8 Å². The minimum Gasteiger partial charge on any atom is -0.495 e. The lowest BCUT2D eigenvalue weighted by Gasteiger charge is -2.30. The lowest BCUT2D eigenvalue weighted by Crippen LogP contribution is -2.43. The summed E-state index contributed by atoms with van der Waals surface area (Å²) >= 11 is 0. The van der Waals surface area contributed by atoms with Crippen molar-refractivity contribution in [3.63, 3.8) is 0 Å². The van der Waals surface area contributed by atoms with E-state index in [1.807, 2.05) is 27.0 Å². The van der Waals surface area contributed by atoms with Crippen molar-refractivity contribution in [2.45, 2.75) is 32.6 Å². The number of piperidine rings is 1. The summed E-state index contributed by atoms with van der Waals surface area (Å²) in [7, 11) is 3.54. The van der Waals surface area contributed by atoms with Crippen LogP contribution in [0.3, 0.4) is 0 Å². The Bertz CT molecular complexity index is 870. The molecule has 2 aliphatic heterocycles. The Morgan fingerprint density at radius 3 is 2.54 bits per heavy atom. The van der Waals surface area contributed by atoms with Crippen LogP contribution >= 0.6 is 0 Å². The van der Waals surface area contributed by atoms with Gasteiger partial charge >= 0.3 is 0 Å². The van der Waals surface area contributed by atoms with E-state index in [9.17, 15) is 9.59 Å². The monoisotopic (exact) mass is 387 g/mol. The third-order valence-corrected chi connectivity index (χ3v) is 5.21. The highest BCUT2D eigenvalue weighted by Crippen LogP contribution is 2.37. The lowest BCUT2D eigenvalue weighted by atomic mass is 9.92. The average Bonchev–Trinajstić information content (AvgIpc) is 3.04. The molecule has 1 aromatic heterocycles. The van der Waals surface area contributed by atoms with Crippen LogP contribution in [0.4, 0.5) is 5.69 Å². The normalized spacial score (nSPS) is 19.9. The Hall–Kier alpha value is -2.61. The van der Waals surface area contributed by atoms with E-state index in [2.05, 4.69) is 26.7 Å². The molecule has 2 fully saturated rings. The summed E-state index contributed by atoms with van der Waals surface area (Å²) in [5.74, 6) is -0.122. The Labute approximate surface area is 165 Å².